The van der Waals surface area contributed by atoms with Crippen LogP contribution in [0.4, 0.5) is 4.39 Å². The Kier molecular flexibility index (Phi) is 5.16. The van der Waals surface area contributed by atoms with E-state index < -0.39 is 0 Å². The summed E-state index contributed by atoms with van der Waals surface area (Å²) in [5.74, 6) is -0.165. The lowest BCUT2D eigenvalue weighted by atomic mass is 9.97. The molecule has 0 aliphatic carbocycles. The zero-order valence-corrected chi connectivity index (χ0v) is 12.5. The van der Waals surface area contributed by atoms with Gasteiger partial charge in [-0.15, -0.1) is 0 Å². The van der Waals surface area contributed by atoms with E-state index in [0.717, 1.165) is 29.1 Å². The van der Waals surface area contributed by atoms with Gasteiger partial charge in [-0.3, -0.25) is 0 Å². The second-order valence-corrected chi connectivity index (χ2v) is 5.32. The van der Waals surface area contributed by atoms with Gasteiger partial charge in [0.2, 0.25) is 0 Å². The standard InChI is InChI=1S/C17H19ClFN/c1-3-20-17(11-13-6-4-5-7-15(13)18)14-8-9-16(19)12(2)10-14/h4-10,17,20H,3,11H2,1-2H3. The van der Waals surface area contributed by atoms with Crippen LogP contribution in [0.15, 0.2) is 42.5 Å². The summed E-state index contributed by atoms with van der Waals surface area (Å²) in [5, 5.41) is 4.21. The van der Waals surface area contributed by atoms with Crippen LogP contribution >= 0.6 is 11.6 Å². The number of hydrogen-bond donors (Lipinski definition) is 1. The zero-order valence-electron chi connectivity index (χ0n) is 11.8. The minimum Gasteiger partial charge on any atom is -0.310 e. The third-order valence-corrected chi connectivity index (χ3v) is 3.79. The third-order valence-electron chi connectivity index (χ3n) is 3.42. The van der Waals surface area contributed by atoms with Crippen LogP contribution < -0.4 is 5.32 Å². The van der Waals surface area contributed by atoms with Crippen LogP contribution in [0.1, 0.15) is 29.7 Å². The Labute approximate surface area is 124 Å². The number of rotatable bonds is 5. The normalized spacial score (nSPS) is 12.4. The SMILES string of the molecule is CCNC(Cc1ccccc1Cl)c1ccc(F)c(C)c1. The van der Waals surface area contributed by atoms with Crippen molar-refractivity contribution in [3.05, 3.63) is 70.0 Å². The lowest BCUT2D eigenvalue weighted by Gasteiger charge is -2.20. The molecule has 0 amide bonds. The summed E-state index contributed by atoms with van der Waals surface area (Å²) in [7, 11) is 0. The molecule has 0 aliphatic rings. The molecule has 1 unspecified atom stereocenters. The number of hydrogen-bond acceptors (Lipinski definition) is 1. The molecule has 0 bridgehead atoms. The molecule has 3 heteroatoms. The molecule has 0 aromatic heterocycles. The molecule has 1 atom stereocenters. The van der Waals surface area contributed by atoms with Crippen LogP contribution in [0.3, 0.4) is 0 Å². The van der Waals surface area contributed by atoms with Crippen molar-refractivity contribution in [2.24, 2.45) is 0 Å². The molecule has 0 spiro atoms. The van der Waals surface area contributed by atoms with Crippen molar-refractivity contribution in [1.82, 2.24) is 5.32 Å². The lowest BCUT2D eigenvalue weighted by Crippen LogP contribution is -2.23. The molecule has 106 valence electrons. The van der Waals surface area contributed by atoms with Crippen molar-refractivity contribution in [2.75, 3.05) is 6.54 Å². The van der Waals surface area contributed by atoms with Crippen LogP contribution in [0.25, 0.3) is 0 Å². The summed E-state index contributed by atoms with van der Waals surface area (Å²) in [5.41, 5.74) is 2.86. The monoisotopic (exact) mass is 291 g/mol. The largest absolute Gasteiger partial charge is 0.310 e. The second kappa shape index (κ2) is 6.87. The maximum Gasteiger partial charge on any atom is 0.126 e. The highest BCUT2D eigenvalue weighted by Crippen LogP contribution is 2.24. The van der Waals surface area contributed by atoms with E-state index in [1.165, 1.54) is 6.07 Å². The summed E-state index contributed by atoms with van der Waals surface area (Å²) in [6.07, 6.45) is 0.790. The van der Waals surface area contributed by atoms with E-state index in [0.29, 0.717) is 5.56 Å². The molecule has 0 fully saturated rings. The molecule has 20 heavy (non-hydrogen) atoms. The molecular formula is C17H19ClFN. The number of halogens is 2. The van der Waals surface area contributed by atoms with Gasteiger partial charge in [0.15, 0.2) is 0 Å². The molecule has 0 heterocycles. The molecule has 0 aliphatic heterocycles. The maximum atomic E-state index is 13.4. The van der Waals surface area contributed by atoms with Crippen LogP contribution in [0.5, 0.6) is 0 Å². The van der Waals surface area contributed by atoms with E-state index in [9.17, 15) is 4.39 Å². The number of likely N-dealkylation sites (N-methyl/N-ethyl adjacent to an activating group) is 1. The Hall–Kier alpha value is -1.38. The summed E-state index contributed by atoms with van der Waals surface area (Å²) >= 11 is 6.22. The van der Waals surface area contributed by atoms with Gasteiger partial charge in [0.05, 0.1) is 0 Å². The van der Waals surface area contributed by atoms with Crippen molar-refractivity contribution >= 4 is 11.6 Å². The fraction of sp³-hybridized carbons (Fsp3) is 0.294. The van der Waals surface area contributed by atoms with E-state index in [-0.39, 0.29) is 11.9 Å². The summed E-state index contributed by atoms with van der Waals surface area (Å²) in [6.45, 7) is 4.71. The number of nitrogens with one attached hydrogen (secondary N) is 1. The number of aryl methyl sites for hydroxylation is 1. The molecule has 1 N–H and O–H groups in total. The van der Waals surface area contributed by atoms with Crippen molar-refractivity contribution in [2.45, 2.75) is 26.3 Å². The van der Waals surface area contributed by atoms with Gasteiger partial charge in [0.25, 0.3) is 0 Å². The summed E-state index contributed by atoms with van der Waals surface area (Å²) in [6, 6.07) is 13.3. The van der Waals surface area contributed by atoms with E-state index in [1.54, 1.807) is 6.92 Å². The highest BCUT2D eigenvalue weighted by Gasteiger charge is 2.14. The molecule has 1 nitrogen and oxygen atoms in total. The van der Waals surface area contributed by atoms with Gasteiger partial charge in [-0.2, -0.15) is 0 Å². The Morgan fingerprint density at radius 1 is 1.20 bits per heavy atom. The third kappa shape index (κ3) is 3.59. The van der Waals surface area contributed by atoms with E-state index in [2.05, 4.69) is 12.2 Å². The Morgan fingerprint density at radius 2 is 1.95 bits per heavy atom. The van der Waals surface area contributed by atoms with Crippen molar-refractivity contribution in [3.8, 4) is 0 Å². The number of benzene rings is 2. The smallest absolute Gasteiger partial charge is 0.126 e. The zero-order chi connectivity index (χ0) is 14.5. The van der Waals surface area contributed by atoms with Crippen molar-refractivity contribution < 1.29 is 4.39 Å². The molecule has 0 saturated carbocycles. The lowest BCUT2D eigenvalue weighted by molar-refractivity contribution is 0.546. The van der Waals surface area contributed by atoms with Crippen LogP contribution in [-0.2, 0) is 6.42 Å². The molecule has 0 radical (unpaired) electrons. The minimum absolute atomic E-state index is 0.138. The first-order valence-electron chi connectivity index (χ1n) is 6.84. The maximum absolute atomic E-state index is 13.4. The molecular weight excluding hydrogens is 273 g/mol. The van der Waals surface area contributed by atoms with Crippen molar-refractivity contribution in [3.63, 3.8) is 0 Å². The Morgan fingerprint density at radius 3 is 2.60 bits per heavy atom. The molecule has 2 aromatic rings. The topological polar surface area (TPSA) is 12.0 Å². The van der Waals surface area contributed by atoms with E-state index in [4.69, 9.17) is 11.6 Å². The van der Waals surface area contributed by atoms with Gasteiger partial charge < -0.3 is 5.32 Å². The van der Waals surface area contributed by atoms with E-state index >= 15 is 0 Å². The Bertz CT molecular complexity index is 583. The fourth-order valence-electron chi connectivity index (χ4n) is 2.32. The average Bonchev–Trinajstić information content (AvgIpc) is 2.44. The van der Waals surface area contributed by atoms with Crippen LogP contribution in [-0.4, -0.2) is 6.54 Å². The molecule has 0 saturated heterocycles. The first-order valence-corrected chi connectivity index (χ1v) is 7.22. The van der Waals surface area contributed by atoms with Gasteiger partial charge in [0.1, 0.15) is 5.82 Å². The first-order chi connectivity index (χ1) is 9.61. The van der Waals surface area contributed by atoms with Crippen molar-refractivity contribution in [1.29, 1.82) is 0 Å². The van der Waals surface area contributed by atoms with Gasteiger partial charge >= 0.3 is 0 Å². The Balaban J connectivity index is 2.27. The summed E-state index contributed by atoms with van der Waals surface area (Å²) in [4.78, 5) is 0. The quantitative estimate of drug-likeness (QED) is 0.843. The van der Waals surface area contributed by atoms with Crippen LogP contribution in [0, 0.1) is 12.7 Å². The molecule has 2 rings (SSSR count). The van der Waals surface area contributed by atoms with E-state index in [1.807, 2.05) is 36.4 Å². The van der Waals surface area contributed by atoms with Gasteiger partial charge in [-0.25, -0.2) is 4.39 Å². The predicted octanol–water partition coefficient (Wildman–Crippen LogP) is 4.68. The second-order valence-electron chi connectivity index (χ2n) is 4.91. The highest BCUT2D eigenvalue weighted by molar-refractivity contribution is 6.31. The van der Waals surface area contributed by atoms with Crippen LogP contribution in [0.2, 0.25) is 5.02 Å². The first kappa shape index (κ1) is 15.0. The minimum atomic E-state index is -0.165. The van der Waals surface area contributed by atoms with Gasteiger partial charge in [-0.1, -0.05) is 48.9 Å². The molecule has 2 aromatic carbocycles. The van der Waals surface area contributed by atoms with Gasteiger partial charge in [0, 0.05) is 11.1 Å². The van der Waals surface area contributed by atoms with Gasteiger partial charge in [-0.05, 0) is 48.7 Å². The summed E-state index contributed by atoms with van der Waals surface area (Å²) < 4.78 is 13.4. The fourth-order valence-corrected chi connectivity index (χ4v) is 2.54. The highest BCUT2D eigenvalue weighted by atomic mass is 35.5. The average molecular weight is 292 g/mol. The predicted molar refractivity (Wildman–Crippen MR) is 82.7 cm³/mol.